The van der Waals surface area contributed by atoms with Crippen LogP contribution in [0.25, 0.3) is 0 Å². The van der Waals surface area contributed by atoms with Crippen LogP contribution in [-0.2, 0) is 25.9 Å². The van der Waals surface area contributed by atoms with Crippen molar-refractivity contribution in [3.63, 3.8) is 0 Å². The van der Waals surface area contributed by atoms with Crippen LogP contribution in [0.2, 0.25) is 0 Å². The van der Waals surface area contributed by atoms with Crippen LogP contribution in [0.3, 0.4) is 0 Å². The lowest BCUT2D eigenvalue weighted by Crippen LogP contribution is -2.40. The van der Waals surface area contributed by atoms with Crippen LogP contribution in [0, 0.1) is 0 Å². The number of fused-ring (bicyclic) bond motifs is 1. The van der Waals surface area contributed by atoms with Gasteiger partial charge in [0, 0.05) is 31.9 Å². The maximum absolute atomic E-state index is 10.6. The Kier molecular flexibility index (Phi) is 4.81. The van der Waals surface area contributed by atoms with Crippen LogP contribution in [0.15, 0.2) is 47.1 Å². The zero-order valence-corrected chi connectivity index (χ0v) is 14.8. The molecule has 1 N–H and O–H groups in total. The summed E-state index contributed by atoms with van der Waals surface area (Å²) in [5.41, 5.74) is 2.58. The van der Waals surface area contributed by atoms with Gasteiger partial charge >= 0.3 is 0 Å². The fourth-order valence-electron chi connectivity index (χ4n) is 3.51. The number of hydrogen-bond donors (Lipinski definition) is 1. The second kappa shape index (κ2) is 7.39. The second-order valence-corrected chi connectivity index (χ2v) is 6.69. The summed E-state index contributed by atoms with van der Waals surface area (Å²) >= 11 is 0. The molecule has 0 saturated heterocycles. The molecule has 0 radical (unpaired) electrons. The van der Waals surface area contributed by atoms with Gasteiger partial charge in [0.1, 0.15) is 0 Å². The molecule has 2 unspecified atom stereocenters. The quantitative estimate of drug-likeness (QED) is 0.730. The van der Waals surface area contributed by atoms with Crippen LogP contribution in [0.5, 0.6) is 0 Å². The maximum Gasteiger partial charge on any atom is 0.233 e. The van der Waals surface area contributed by atoms with Crippen molar-refractivity contribution >= 4 is 0 Å². The van der Waals surface area contributed by atoms with Gasteiger partial charge in [0.15, 0.2) is 0 Å². The van der Waals surface area contributed by atoms with E-state index >= 15 is 0 Å². The Morgan fingerprint density at radius 2 is 2.04 bits per heavy atom. The monoisotopic (exact) mass is 353 g/mol. The fraction of sp³-hybridized carbons (Fsp3) is 0.421. The summed E-state index contributed by atoms with van der Waals surface area (Å²) in [6.07, 6.45) is 4.57. The molecule has 1 aliphatic rings. The molecule has 0 amide bonds. The van der Waals surface area contributed by atoms with Gasteiger partial charge in [-0.2, -0.15) is 5.10 Å². The average Bonchev–Trinajstić information content (AvgIpc) is 3.32. The van der Waals surface area contributed by atoms with E-state index in [4.69, 9.17) is 4.42 Å². The lowest BCUT2D eigenvalue weighted by Gasteiger charge is -2.36. The minimum absolute atomic E-state index is 0.0232. The minimum Gasteiger partial charge on any atom is -0.424 e. The predicted molar refractivity (Wildman–Crippen MR) is 95.2 cm³/mol. The molecule has 1 aliphatic heterocycles. The van der Waals surface area contributed by atoms with Crippen molar-refractivity contribution in [1.29, 1.82) is 0 Å². The van der Waals surface area contributed by atoms with E-state index in [1.165, 1.54) is 11.1 Å². The normalized spacial score (nSPS) is 18.6. The largest absolute Gasteiger partial charge is 0.424 e. The highest BCUT2D eigenvalue weighted by molar-refractivity contribution is 5.30. The van der Waals surface area contributed by atoms with Gasteiger partial charge in [0.25, 0.3) is 0 Å². The SMILES string of the molecule is CCc1nnc(C2Cc3ccccc3CN2CC(O)Cn2cccn2)o1. The topological polar surface area (TPSA) is 80.2 Å². The highest BCUT2D eigenvalue weighted by atomic mass is 16.4. The zero-order chi connectivity index (χ0) is 17.9. The number of rotatable bonds is 6. The summed E-state index contributed by atoms with van der Waals surface area (Å²) in [5.74, 6) is 1.28. The molecule has 1 aromatic carbocycles. The van der Waals surface area contributed by atoms with E-state index < -0.39 is 6.10 Å². The number of aryl methyl sites for hydroxylation is 1. The number of aliphatic hydroxyl groups excluding tert-OH is 1. The minimum atomic E-state index is -0.531. The predicted octanol–water partition coefficient (Wildman–Crippen LogP) is 1.99. The molecule has 136 valence electrons. The van der Waals surface area contributed by atoms with Crippen LogP contribution in [-0.4, -0.2) is 42.6 Å². The second-order valence-electron chi connectivity index (χ2n) is 6.69. The first-order valence-electron chi connectivity index (χ1n) is 9.01. The third-order valence-corrected chi connectivity index (χ3v) is 4.82. The lowest BCUT2D eigenvalue weighted by molar-refractivity contribution is 0.0541. The third kappa shape index (κ3) is 3.54. The van der Waals surface area contributed by atoms with Gasteiger partial charge in [-0.3, -0.25) is 9.58 Å². The van der Waals surface area contributed by atoms with Crippen molar-refractivity contribution in [3.8, 4) is 0 Å². The Hall–Kier alpha value is -2.51. The average molecular weight is 353 g/mol. The molecule has 3 heterocycles. The summed E-state index contributed by atoms with van der Waals surface area (Å²) in [6.45, 7) is 3.73. The molecule has 3 aromatic rings. The summed E-state index contributed by atoms with van der Waals surface area (Å²) < 4.78 is 7.59. The number of nitrogens with zero attached hydrogens (tertiary/aromatic N) is 5. The van der Waals surface area contributed by atoms with Crippen LogP contribution in [0.1, 0.15) is 35.9 Å². The number of benzene rings is 1. The van der Waals surface area contributed by atoms with E-state index in [-0.39, 0.29) is 6.04 Å². The Morgan fingerprint density at radius 3 is 2.77 bits per heavy atom. The Morgan fingerprint density at radius 1 is 1.19 bits per heavy atom. The van der Waals surface area contributed by atoms with Crippen LogP contribution >= 0.6 is 0 Å². The fourth-order valence-corrected chi connectivity index (χ4v) is 3.51. The van der Waals surface area contributed by atoms with Gasteiger partial charge in [-0.05, 0) is 23.6 Å². The van der Waals surface area contributed by atoms with Crippen LogP contribution < -0.4 is 0 Å². The van der Waals surface area contributed by atoms with Gasteiger partial charge in [-0.1, -0.05) is 31.2 Å². The summed E-state index contributed by atoms with van der Waals surface area (Å²) in [7, 11) is 0. The molecular weight excluding hydrogens is 330 g/mol. The van der Waals surface area contributed by atoms with Crippen molar-refractivity contribution < 1.29 is 9.52 Å². The number of β-amino-alcohol motifs (C(OH)–C–C–N with tert-alkyl or cyclic N) is 1. The van der Waals surface area contributed by atoms with Crippen molar-refractivity contribution in [2.75, 3.05) is 6.54 Å². The molecule has 0 aliphatic carbocycles. The van der Waals surface area contributed by atoms with Crippen molar-refractivity contribution in [1.82, 2.24) is 24.9 Å². The molecule has 0 spiro atoms. The molecule has 2 atom stereocenters. The smallest absolute Gasteiger partial charge is 0.233 e. The van der Waals surface area contributed by atoms with Crippen molar-refractivity contribution in [3.05, 3.63) is 65.6 Å². The molecule has 0 saturated carbocycles. The van der Waals surface area contributed by atoms with E-state index in [0.29, 0.717) is 24.9 Å². The maximum atomic E-state index is 10.6. The summed E-state index contributed by atoms with van der Waals surface area (Å²) in [4.78, 5) is 2.23. The molecule has 4 rings (SSSR count). The first-order valence-corrected chi connectivity index (χ1v) is 9.01. The summed E-state index contributed by atoms with van der Waals surface area (Å²) in [6, 6.07) is 10.2. The van der Waals surface area contributed by atoms with E-state index in [1.54, 1.807) is 10.9 Å². The van der Waals surface area contributed by atoms with E-state index in [2.05, 4.69) is 44.5 Å². The molecule has 7 heteroatoms. The van der Waals surface area contributed by atoms with E-state index in [1.807, 2.05) is 19.2 Å². The molecule has 7 nitrogen and oxygen atoms in total. The molecular formula is C19H23N5O2. The number of aromatic nitrogens is 4. The van der Waals surface area contributed by atoms with Crippen LogP contribution in [0.4, 0.5) is 0 Å². The first-order chi connectivity index (χ1) is 12.7. The molecule has 2 aromatic heterocycles. The lowest BCUT2D eigenvalue weighted by atomic mass is 9.93. The summed E-state index contributed by atoms with van der Waals surface area (Å²) in [5, 5.41) is 23.1. The molecule has 26 heavy (non-hydrogen) atoms. The van der Waals surface area contributed by atoms with Gasteiger partial charge in [-0.25, -0.2) is 0 Å². The zero-order valence-electron chi connectivity index (χ0n) is 14.8. The standard InChI is InChI=1S/C19H23N5O2/c1-2-18-21-22-19(26-18)17-10-14-6-3-4-7-15(14)11-23(17)12-16(25)13-24-9-5-8-20-24/h3-9,16-17,25H,2,10-13H2,1H3. The van der Waals surface area contributed by atoms with E-state index in [0.717, 1.165) is 19.4 Å². The number of hydrogen-bond acceptors (Lipinski definition) is 6. The van der Waals surface area contributed by atoms with Gasteiger partial charge in [0.05, 0.1) is 18.7 Å². The van der Waals surface area contributed by atoms with Gasteiger partial charge in [-0.15, -0.1) is 10.2 Å². The molecule has 0 bridgehead atoms. The van der Waals surface area contributed by atoms with Crippen molar-refractivity contribution in [2.45, 2.75) is 45.0 Å². The third-order valence-electron chi connectivity index (χ3n) is 4.82. The van der Waals surface area contributed by atoms with E-state index in [9.17, 15) is 5.11 Å². The Bertz CT molecular complexity index is 845. The van der Waals surface area contributed by atoms with Crippen molar-refractivity contribution in [2.24, 2.45) is 0 Å². The van der Waals surface area contributed by atoms with Gasteiger partial charge in [0.2, 0.25) is 11.8 Å². The Balaban J connectivity index is 1.56. The van der Waals surface area contributed by atoms with Gasteiger partial charge < -0.3 is 9.52 Å². The Labute approximate surface area is 152 Å². The molecule has 0 fully saturated rings. The number of aliphatic hydroxyl groups is 1. The first kappa shape index (κ1) is 16.9. The highest BCUT2D eigenvalue weighted by Crippen LogP contribution is 2.32. The highest BCUT2D eigenvalue weighted by Gasteiger charge is 2.32.